The molecule has 0 saturated heterocycles. The van der Waals surface area contributed by atoms with E-state index >= 15 is 0 Å². The molecular formula is C23H19Cl2IN2O3. The van der Waals surface area contributed by atoms with Gasteiger partial charge in [-0.15, -0.1) is 0 Å². The lowest BCUT2D eigenvalue weighted by atomic mass is 10.2. The van der Waals surface area contributed by atoms with E-state index < -0.39 is 0 Å². The fourth-order valence-electron chi connectivity index (χ4n) is 2.62. The van der Waals surface area contributed by atoms with E-state index in [1.165, 1.54) is 0 Å². The molecule has 0 spiro atoms. The van der Waals surface area contributed by atoms with Gasteiger partial charge in [0.2, 0.25) is 0 Å². The number of nitrogens with one attached hydrogen (secondary N) is 1. The first-order valence-electron chi connectivity index (χ1n) is 9.39. The van der Waals surface area contributed by atoms with Crippen molar-refractivity contribution >= 4 is 57.9 Å². The lowest BCUT2D eigenvalue weighted by Crippen LogP contribution is -2.17. The summed E-state index contributed by atoms with van der Waals surface area (Å²) in [4.78, 5) is 12.1. The van der Waals surface area contributed by atoms with Crippen molar-refractivity contribution in [1.29, 1.82) is 0 Å². The maximum Gasteiger partial charge on any atom is 0.271 e. The Bertz CT molecular complexity index is 1090. The van der Waals surface area contributed by atoms with Crippen LogP contribution in [-0.4, -0.2) is 18.7 Å². The summed E-state index contributed by atoms with van der Waals surface area (Å²) in [5, 5.41) is 5.14. The molecule has 1 amide bonds. The smallest absolute Gasteiger partial charge is 0.271 e. The van der Waals surface area contributed by atoms with Crippen molar-refractivity contribution in [2.45, 2.75) is 13.5 Å². The zero-order valence-corrected chi connectivity index (χ0v) is 20.2. The summed E-state index contributed by atoms with van der Waals surface area (Å²) in [5.74, 6) is 0.867. The summed E-state index contributed by atoms with van der Waals surface area (Å²) in [7, 11) is 0. The Labute approximate surface area is 204 Å². The Morgan fingerprint density at radius 3 is 2.52 bits per heavy atom. The number of hydrogen-bond donors (Lipinski definition) is 1. The molecule has 1 N–H and O–H groups in total. The van der Waals surface area contributed by atoms with Gasteiger partial charge in [-0.2, -0.15) is 5.10 Å². The molecule has 5 nitrogen and oxygen atoms in total. The van der Waals surface area contributed by atoms with Crippen LogP contribution in [0.15, 0.2) is 65.8 Å². The van der Waals surface area contributed by atoms with Gasteiger partial charge in [0.15, 0.2) is 11.5 Å². The second-order valence-electron chi connectivity index (χ2n) is 6.37. The number of hydrogen-bond acceptors (Lipinski definition) is 4. The van der Waals surface area contributed by atoms with Crippen molar-refractivity contribution in [2.75, 3.05) is 6.61 Å². The summed E-state index contributed by atoms with van der Waals surface area (Å²) in [6.45, 7) is 2.64. The molecule has 0 saturated carbocycles. The third-order valence-electron chi connectivity index (χ3n) is 4.15. The number of benzene rings is 3. The SMILES string of the molecule is CCOc1cc(/C=N\NC(=O)c2ccc(I)cc2)ccc1OCc1ccc(Cl)cc1Cl. The number of amides is 1. The molecule has 3 rings (SSSR count). The third kappa shape index (κ3) is 6.85. The van der Waals surface area contributed by atoms with Crippen LogP contribution in [0.2, 0.25) is 10.0 Å². The molecule has 0 aliphatic heterocycles. The van der Waals surface area contributed by atoms with Crippen LogP contribution in [0.25, 0.3) is 0 Å². The number of hydrazone groups is 1. The monoisotopic (exact) mass is 568 g/mol. The highest BCUT2D eigenvalue weighted by atomic mass is 127. The summed E-state index contributed by atoms with van der Waals surface area (Å²) in [5.41, 5.74) is 4.63. The van der Waals surface area contributed by atoms with Gasteiger partial charge in [0.1, 0.15) is 6.61 Å². The minimum Gasteiger partial charge on any atom is -0.490 e. The summed E-state index contributed by atoms with van der Waals surface area (Å²) >= 11 is 14.3. The van der Waals surface area contributed by atoms with Crippen molar-refractivity contribution in [3.63, 3.8) is 0 Å². The first kappa shape index (κ1) is 23.4. The van der Waals surface area contributed by atoms with Crippen LogP contribution in [0.3, 0.4) is 0 Å². The zero-order chi connectivity index (χ0) is 22.2. The van der Waals surface area contributed by atoms with Gasteiger partial charge in [-0.25, -0.2) is 5.43 Å². The Morgan fingerprint density at radius 2 is 1.81 bits per heavy atom. The summed E-state index contributed by atoms with van der Waals surface area (Å²) < 4.78 is 12.6. The van der Waals surface area contributed by atoms with Gasteiger partial charge in [0.05, 0.1) is 12.8 Å². The predicted molar refractivity (Wildman–Crippen MR) is 133 cm³/mol. The molecular weight excluding hydrogens is 550 g/mol. The standard InChI is InChI=1S/C23H19Cl2IN2O3/c1-2-30-22-11-15(13-27-28-23(29)16-5-8-19(26)9-6-16)3-10-21(22)31-14-17-4-7-18(24)12-20(17)25/h3-13H,2,14H2,1H3,(H,28,29)/b27-13-. The topological polar surface area (TPSA) is 59.9 Å². The van der Waals surface area contributed by atoms with Crippen molar-refractivity contribution in [3.8, 4) is 11.5 Å². The lowest BCUT2D eigenvalue weighted by Gasteiger charge is -2.13. The largest absolute Gasteiger partial charge is 0.490 e. The van der Waals surface area contributed by atoms with E-state index in [2.05, 4.69) is 33.1 Å². The Kier molecular flexibility index (Phi) is 8.57. The van der Waals surface area contributed by atoms with Crippen molar-refractivity contribution < 1.29 is 14.3 Å². The van der Waals surface area contributed by atoms with Gasteiger partial charge in [-0.05, 0) is 89.7 Å². The Hall–Kier alpha value is -2.29. The molecule has 0 heterocycles. The van der Waals surface area contributed by atoms with Crippen LogP contribution in [-0.2, 0) is 6.61 Å². The molecule has 0 unspecified atom stereocenters. The van der Waals surface area contributed by atoms with Gasteiger partial charge >= 0.3 is 0 Å². The van der Waals surface area contributed by atoms with E-state index in [-0.39, 0.29) is 12.5 Å². The quantitative estimate of drug-likeness (QED) is 0.196. The average Bonchev–Trinajstić information content (AvgIpc) is 2.75. The number of halogens is 3. The molecule has 160 valence electrons. The molecule has 0 aliphatic rings. The highest BCUT2D eigenvalue weighted by Crippen LogP contribution is 2.30. The van der Waals surface area contributed by atoms with Crippen LogP contribution in [0, 0.1) is 3.57 Å². The van der Waals surface area contributed by atoms with Gasteiger partial charge in [0, 0.05) is 24.7 Å². The number of carbonyl (C=O) groups is 1. The molecule has 3 aromatic carbocycles. The second kappa shape index (κ2) is 11.4. The van der Waals surface area contributed by atoms with E-state index in [9.17, 15) is 4.79 Å². The minimum absolute atomic E-state index is 0.273. The van der Waals surface area contributed by atoms with E-state index in [1.54, 1.807) is 42.6 Å². The van der Waals surface area contributed by atoms with Crippen LogP contribution in [0.4, 0.5) is 0 Å². The molecule has 0 fully saturated rings. The number of nitrogens with zero attached hydrogens (tertiary/aromatic N) is 1. The third-order valence-corrected chi connectivity index (χ3v) is 5.46. The maximum atomic E-state index is 12.1. The molecule has 0 atom stereocenters. The van der Waals surface area contributed by atoms with Gasteiger partial charge in [-0.1, -0.05) is 29.3 Å². The zero-order valence-electron chi connectivity index (χ0n) is 16.6. The number of ether oxygens (including phenoxy) is 2. The molecule has 0 aliphatic carbocycles. The van der Waals surface area contributed by atoms with Crippen molar-refractivity contribution in [1.82, 2.24) is 5.43 Å². The minimum atomic E-state index is -0.280. The molecule has 31 heavy (non-hydrogen) atoms. The van der Waals surface area contributed by atoms with E-state index in [0.717, 1.165) is 14.7 Å². The Balaban J connectivity index is 1.66. The Morgan fingerprint density at radius 1 is 1.03 bits per heavy atom. The van der Waals surface area contributed by atoms with Gasteiger partial charge in [-0.3, -0.25) is 4.79 Å². The highest BCUT2D eigenvalue weighted by Gasteiger charge is 2.09. The fraction of sp³-hybridized carbons (Fsp3) is 0.130. The molecule has 0 radical (unpaired) electrons. The molecule has 0 bridgehead atoms. The predicted octanol–water partition coefficient (Wildman–Crippen LogP) is 6.34. The van der Waals surface area contributed by atoms with E-state index in [0.29, 0.717) is 33.7 Å². The van der Waals surface area contributed by atoms with Gasteiger partial charge < -0.3 is 9.47 Å². The van der Waals surface area contributed by atoms with Gasteiger partial charge in [0.25, 0.3) is 5.91 Å². The number of carbonyl (C=O) groups excluding carboxylic acids is 1. The first-order chi connectivity index (χ1) is 15.0. The normalized spacial score (nSPS) is 10.8. The van der Waals surface area contributed by atoms with Crippen LogP contribution in [0.5, 0.6) is 11.5 Å². The van der Waals surface area contributed by atoms with Crippen molar-refractivity contribution in [2.24, 2.45) is 5.10 Å². The summed E-state index contributed by atoms with van der Waals surface area (Å²) in [6.07, 6.45) is 1.55. The fourth-order valence-corrected chi connectivity index (χ4v) is 3.44. The summed E-state index contributed by atoms with van der Waals surface area (Å²) in [6, 6.07) is 17.9. The average molecular weight is 569 g/mol. The second-order valence-corrected chi connectivity index (χ2v) is 8.46. The van der Waals surface area contributed by atoms with Crippen LogP contribution >= 0.6 is 45.8 Å². The lowest BCUT2D eigenvalue weighted by molar-refractivity contribution is 0.0955. The molecule has 0 aromatic heterocycles. The maximum absolute atomic E-state index is 12.1. The molecule has 8 heteroatoms. The van der Waals surface area contributed by atoms with E-state index in [4.69, 9.17) is 32.7 Å². The first-order valence-corrected chi connectivity index (χ1v) is 11.2. The van der Waals surface area contributed by atoms with Crippen LogP contribution < -0.4 is 14.9 Å². The number of rotatable bonds is 8. The van der Waals surface area contributed by atoms with E-state index in [1.807, 2.05) is 31.2 Å². The molecule has 3 aromatic rings. The van der Waals surface area contributed by atoms with Crippen LogP contribution in [0.1, 0.15) is 28.4 Å². The highest BCUT2D eigenvalue weighted by molar-refractivity contribution is 14.1. The van der Waals surface area contributed by atoms with Crippen molar-refractivity contribution in [3.05, 3.63) is 91.0 Å².